The van der Waals surface area contributed by atoms with Crippen LogP contribution in [0, 0.1) is 5.92 Å². The van der Waals surface area contributed by atoms with Crippen LogP contribution in [-0.4, -0.2) is 133 Å². The van der Waals surface area contributed by atoms with Gasteiger partial charge in [-0.15, -0.1) is 0 Å². The molecule has 0 aliphatic rings. The fourth-order valence-electron chi connectivity index (χ4n) is 6.04. The number of aliphatic carboxylic acids is 3. The molecule has 2 aromatic carbocycles. The number of rotatable bonds is 25. The lowest BCUT2D eigenvalue weighted by Crippen LogP contribution is -2.61. The van der Waals surface area contributed by atoms with E-state index in [9.17, 15) is 73.5 Å². The van der Waals surface area contributed by atoms with E-state index >= 15 is 0 Å². The maximum absolute atomic E-state index is 13.6. The smallest absolute Gasteiger partial charge is 0.326 e. The molecule has 0 heterocycles. The first kappa shape index (κ1) is 52.0. The molecule has 0 fully saturated rings. The fraction of sp³-hybridized carbons (Fsp3) is 0.463. The largest absolute Gasteiger partial charge is 0.508 e. The van der Waals surface area contributed by atoms with Crippen molar-refractivity contribution in [3.05, 3.63) is 65.7 Å². The molecule has 8 atom stereocenters. The normalized spacial score (nSPS) is 14.7. The van der Waals surface area contributed by atoms with Crippen molar-refractivity contribution in [3.63, 3.8) is 0 Å². The minimum absolute atomic E-state index is 0.0278. The predicted octanol–water partition coefficient (Wildman–Crippen LogP) is -1.93. The van der Waals surface area contributed by atoms with Crippen LogP contribution in [0.3, 0.4) is 0 Å². The second kappa shape index (κ2) is 25.0. The molecule has 7 amide bonds. The van der Waals surface area contributed by atoms with E-state index in [4.69, 9.17) is 0 Å². The quantitative estimate of drug-likeness (QED) is 0.0517. The van der Waals surface area contributed by atoms with Crippen LogP contribution in [-0.2, 0) is 60.8 Å². The van der Waals surface area contributed by atoms with Crippen LogP contribution < -0.4 is 37.2 Å². The van der Waals surface area contributed by atoms with E-state index in [0.717, 1.165) is 6.92 Å². The van der Waals surface area contributed by atoms with E-state index in [2.05, 4.69) is 37.2 Å². The number of hydrogen-bond acceptors (Lipinski definition) is 12. The molecular weight excluding hydrogens is 830 g/mol. The lowest BCUT2D eigenvalue weighted by atomic mass is 10.0. The van der Waals surface area contributed by atoms with Gasteiger partial charge in [-0.05, 0) is 49.4 Å². The third-order valence-corrected chi connectivity index (χ3v) is 9.12. The highest BCUT2D eigenvalue weighted by Crippen LogP contribution is 2.14. The summed E-state index contributed by atoms with van der Waals surface area (Å²) < 4.78 is 0. The number of aliphatic hydroxyl groups is 1. The minimum Gasteiger partial charge on any atom is -0.508 e. The summed E-state index contributed by atoms with van der Waals surface area (Å²) in [5, 5.41) is 64.9. The topological polar surface area (TPSA) is 356 Å². The van der Waals surface area contributed by atoms with E-state index < -0.39 is 120 Å². The molecule has 0 saturated carbocycles. The van der Waals surface area contributed by atoms with Crippen LogP contribution in [0.15, 0.2) is 54.6 Å². The van der Waals surface area contributed by atoms with Crippen LogP contribution in [0.4, 0.5) is 0 Å². The van der Waals surface area contributed by atoms with Gasteiger partial charge < -0.3 is 62.8 Å². The van der Waals surface area contributed by atoms with E-state index in [1.54, 1.807) is 44.2 Å². The van der Waals surface area contributed by atoms with Crippen LogP contribution in [0.25, 0.3) is 0 Å². The highest BCUT2D eigenvalue weighted by atomic mass is 16.4. The SMILES string of the molecule is CC(=O)N[C@@H](Cc1ccccc1)C(=O)N[C@H](C(=O)N[C@@H](CC(C)C)C(=O)N[C@@H](CC(=O)O)C(=O)N[C@@H](C)C(=O)N[C@@H](CC(=O)O)C(=O)N[C@@H](Cc1cccc(O)c1)C(=O)O)[C@@H](C)O. The highest BCUT2D eigenvalue weighted by Gasteiger charge is 2.35. The molecule has 0 aromatic heterocycles. The van der Waals surface area contributed by atoms with E-state index in [1.807, 2.05) is 0 Å². The average molecular weight is 886 g/mol. The predicted molar refractivity (Wildman–Crippen MR) is 220 cm³/mol. The number of phenols is 1. The third kappa shape index (κ3) is 18.6. The Kier molecular flexibility index (Phi) is 20.6. The van der Waals surface area contributed by atoms with Crippen LogP contribution in [0.1, 0.15) is 65.0 Å². The Morgan fingerprint density at radius 2 is 1.00 bits per heavy atom. The molecule has 0 unspecified atom stereocenters. The molecule has 22 heteroatoms. The molecule has 0 aliphatic carbocycles. The van der Waals surface area contributed by atoms with Crippen molar-refractivity contribution in [2.24, 2.45) is 5.92 Å². The number of aromatic hydroxyl groups is 1. The lowest BCUT2D eigenvalue weighted by molar-refractivity contribution is -0.143. The fourth-order valence-corrected chi connectivity index (χ4v) is 6.04. The van der Waals surface area contributed by atoms with E-state index in [0.29, 0.717) is 11.1 Å². The number of nitrogens with one attached hydrogen (secondary N) is 7. The van der Waals surface area contributed by atoms with Crippen molar-refractivity contribution in [3.8, 4) is 5.75 Å². The van der Waals surface area contributed by atoms with Crippen molar-refractivity contribution in [1.82, 2.24) is 37.2 Å². The summed E-state index contributed by atoms with van der Waals surface area (Å²) in [6, 6.07) is 2.81. The van der Waals surface area contributed by atoms with Crippen molar-refractivity contribution in [2.45, 2.75) is 115 Å². The molecule has 0 saturated heterocycles. The Morgan fingerprint density at radius 3 is 1.51 bits per heavy atom. The molecule has 63 heavy (non-hydrogen) atoms. The summed E-state index contributed by atoms with van der Waals surface area (Å²) in [6.45, 7) is 6.83. The van der Waals surface area contributed by atoms with Crippen molar-refractivity contribution < 1.29 is 73.5 Å². The number of hydrogen-bond donors (Lipinski definition) is 12. The molecule has 22 nitrogen and oxygen atoms in total. The second-order valence-corrected chi connectivity index (χ2v) is 15.2. The molecule has 0 radical (unpaired) electrons. The van der Waals surface area contributed by atoms with Gasteiger partial charge in [0, 0.05) is 19.8 Å². The van der Waals surface area contributed by atoms with Gasteiger partial charge in [0.2, 0.25) is 41.4 Å². The summed E-state index contributed by atoms with van der Waals surface area (Å²) in [4.78, 5) is 127. The zero-order valence-corrected chi connectivity index (χ0v) is 35.2. The minimum atomic E-state index is -1.88. The Balaban J connectivity index is 2.22. The maximum atomic E-state index is 13.6. The standard InChI is InChI=1S/C41H55N7O15/c1-20(2)14-27(46-40(61)34(22(4)49)48-39(60)28(43-23(5)50)16-24-10-7-6-8-11-24)37(58)45-29(18-32(52)53)36(57)42-21(3)35(56)44-30(19-33(54)55)38(59)47-31(41(62)63)17-25-12-9-13-26(51)15-25/h6-13,15,20-22,27-31,34,49,51H,14,16-19H2,1-5H3,(H,42,57)(H,43,50)(H,44,56)(H,45,58)(H,46,61)(H,47,59)(H,48,60)(H,52,53)(H,54,55)(H,62,63)/t21-,22+,27-,28-,29-,30-,31-,34-/m0/s1. The van der Waals surface area contributed by atoms with Gasteiger partial charge in [-0.25, -0.2) is 4.79 Å². The summed E-state index contributed by atoms with van der Waals surface area (Å²) in [5.74, 6) is -12.2. The third-order valence-electron chi connectivity index (χ3n) is 9.12. The number of benzene rings is 2. The number of aliphatic hydroxyl groups excluding tert-OH is 1. The van der Waals surface area contributed by atoms with E-state index in [-0.39, 0.29) is 30.9 Å². The first-order valence-electron chi connectivity index (χ1n) is 19.7. The van der Waals surface area contributed by atoms with Crippen molar-refractivity contribution >= 4 is 59.3 Å². The Bertz CT molecular complexity index is 1980. The molecule has 0 bridgehead atoms. The Labute approximate surface area is 362 Å². The van der Waals surface area contributed by atoms with Gasteiger partial charge in [0.1, 0.15) is 48.0 Å². The summed E-state index contributed by atoms with van der Waals surface area (Å²) in [5.41, 5.74) is 0.978. The number of phenolic OH excluding ortho intramolecular Hbond substituents is 1. The van der Waals surface area contributed by atoms with Gasteiger partial charge in [-0.2, -0.15) is 0 Å². The first-order chi connectivity index (χ1) is 29.5. The van der Waals surface area contributed by atoms with Crippen LogP contribution in [0.2, 0.25) is 0 Å². The Hall–Kier alpha value is -7.10. The Morgan fingerprint density at radius 1 is 0.524 bits per heavy atom. The highest BCUT2D eigenvalue weighted by molar-refractivity contribution is 5.98. The average Bonchev–Trinajstić information content (AvgIpc) is 3.17. The van der Waals surface area contributed by atoms with Crippen LogP contribution >= 0.6 is 0 Å². The van der Waals surface area contributed by atoms with Gasteiger partial charge in [-0.3, -0.25) is 43.2 Å². The van der Waals surface area contributed by atoms with Gasteiger partial charge in [0.25, 0.3) is 0 Å². The molecule has 12 N–H and O–H groups in total. The van der Waals surface area contributed by atoms with Gasteiger partial charge in [0.05, 0.1) is 18.9 Å². The van der Waals surface area contributed by atoms with Crippen LogP contribution in [0.5, 0.6) is 5.75 Å². The number of carboxylic acids is 3. The monoisotopic (exact) mass is 885 g/mol. The maximum Gasteiger partial charge on any atom is 0.326 e. The van der Waals surface area contributed by atoms with Crippen molar-refractivity contribution in [2.75, 3.05) is 0 Å². The molecule has 2 rings (SSSR count). The zero-order chi connectivity index (χ0) is 47.6. The van der Waals surface area contributed by atoms with Crippen molar-refractivity contribution in [1.29, 1.82) is 0 Å². The molecule has 0 spiro atoms. The summed E-state index contributed by atoms with van der Waals surface area (Å²) in [7, 11) is 0. The van der Waals surface area contributed by atoms with Gasteiger partial charge in [-0.1, -0.05) is 56.3 Å². The number of carboxylic acid groups (broad SMARTS) is 3. The van der Waals surface area contributed by atoms with Gasteiger partial charge >= 0.3 is 17.9 Å². The summed E-state index contributed by atoms with van der Waals surface area (Å²) >= 11 is 0. The molecule has 0 aliphatic heterocycles. The molecule has 344 valence electrons. The molecular formula is C41H55N7O15. The summed E-state index contributed by atoms with van der Waals surface area (Å²) in [6.07, 6.45) is -3.99. The van der Waals surface area contributed by atoms with E-state index in [1.165, 1.54) is 38.1 Å². The number of carbonyl (C=O) groups is 10. The first-order valence-corrected chi connectivity index (χ1v) is 19.7. The van der Waals surface area contributed by atoms with Gasteiger partial charge in [0.15, 0.2) is 0 Å². The zero-order valence-electron chi connectivity index (χ0n) is 35.2. The number of carbonyl (C=O) groups excluding carboxylic acids is 7. The molecule has 2 aromatic rings. The lowest BCUT2D eigenvalue weighted by Gasteiger charge is -2.28. The number of amides is 7. The second-order valence-electron chi connectivity index (χ2n) is 15.2.